The first-order valence-electron chi connectivity index (χ1n) is 11.1. The van der Waals surface area contributed by atoms with Gasteiger partial charge in [0.05, 0.1) is 35.8 Å². The van der Waals surface area contributed by atoms with E-state index in [0.29, 0.717) is 30.8 Å². The Morgan fingerprint density at radius 3 is 2.78 bits per heavy atom. The van der Waals surface area contributed by atoms with Crippen molar-refractivity contribution in [2.45, 2.75) is 58.2 Å². The smallest absolute Gasteiger partial charge is 0.409 e. The molecule has 0 aliphatic heterocycles. The molecule has 9 heteroatoms. The molecule has 2 aromatic rings. The van der Waals surface area contributed by atoms with Gasteiger partial charge in [-0.05, 0) is 44.2 Å². The topological polar surface area (TPSA) is 107 Å². The molecule has 9 nitrogen and oxygen atoms in total. The van der Waals surface area contributed by atoms with Gasteiger partial charge in [-0.3, -0.25) is 14.5 Å². The van der Waals surface area contributed by atoms with Crippen molar-refractivity contribution < 1.29 is 24.2 Å². The lowest BCUT2D eigenvalue weighted by Crippen LogP contribution is -2.29. The zero-order valence-corrected chi connectivity index (χ0v) is 19.0. The molecule has 1 N–H and O–H groups in total. The summed E-state index contributed by atoms with van der Waals surface area (Å²) in [5.41, 5.74) is 2.23. The van der Waals surface area contributed by atoms with Gasteiger partial charge in [0.2, 0.25) is 0 Å². The summed E-state index contributed by atoms with van der Waals surface area (Å²) in [6, 6.07) is 3.66. The molecule has 1 saturated carbocycles. The van der Waals surface area contributed by atoms with Crippen LogP contribution in [0.4, 0.5) is 4.79 Å². The third kappa shape index (κ3) is 5.99. The number of nitrogens with zero attached hydrogens (tertiary/aromatic N) is 4. The number of hydrogen-bond acceptors (Lipinski definition) is 6. The average Bonchev–Trinajstić information content (AvgIpc) is 3.16. The zero-order valence-electron chi connectivity index (χ0n) is 19.0. The number of ether oxygens (including phenoxy) is 2. The van der Waals surface area contributed by atoms with Crippen molar-refractivity contribution in [3.05, 3.63) is 30.2 Å². The quantitative estimate of drug-likeness (QED) is 0.625. The van der Waals surface area contributed by atoms with Crippen LogP contribution in [0.25, 0.3) is 11.3 Å². The van der Waals surface area contributed by atoms with Gasteiger partial charge in [-0.2, -0.15) is 5.10 Å². The van der Waals surface area contributed by atoms with E-state index in [4.69, 9.17) is 9.47 Å². The van der Waals surface area contributed by atoms with Gasteiger partial charge in [0, 0.05) is 26.2 Å². The van der Waals surface area contributed by atoms with E-state index in [1.807, 2.05) is 12.1 Å². The van der Waals surface area contributed by atoms with Crippen LogP contribution in [0.3, 0.4) is 0 Å². The van der Waals surface area contributed by atoms with Gasteiger partial charge in [-0.15, -0.1) is 0 Å². The highest BCUT2D eigenvalue weighted by atomic mass is 16.6. The summed E-state index contributed by atoms with van der Waals surface area (Å²) in [4.78, 5) is 29.5. The number of aryl methyl sites for hydroxylation is 1. The fraction of sp³-hybridized carbons (Fsp3) is 0.565. The first-order valence-corrected chi connectivity index (χ1v) is 11.1. The molecule has 1 aliphatic rings. The zero-order chi connectivity index (χ0) is 23.1. The summed E-state index contributed by atoms with van der Waals surface area (Å²) in [7, 11) is 3.53. The Hall–Kier alpha value is -3.10. The van der Waals surface area contributed by atoms with Crippen LogP contribution in [0.15, 0.2) is 24.5 Å². The molecule has 0 radical (unpaired) electrons. The van der Waals surface area contributed by atoms with Crippen LogP contribution in [0.5, 0.6) is 5.75 Å². The number of aliphatic carboxylic acids is 1. The van der Waals surface area contributed by atoms with Crippen molar-refractivity contribution in [1.29, 1.82) is 0 Å². The highest BCUT2D eigenvalue weighted by Gasteiger charge is 2.28. The molecule has 1 amide bonds. The molecule has 2 aromatic heterocycles. The van der Waals surface area contributed by atoms with E-state index in [9.17, 15) is 14.7 Å². The predicted octanol–water partition coefficient (Wildman–Crippen LogP) is 3.87. The fourth-order valence-corrected chi connectivity index (χ4v) is 3.85. The Morgan fingerprint density at radius 1 is 1.28 bits per heavy atom. The molecule has 32 heavy (non-hydrogen) atoms. The summed E-state index contributed by atoms with van der Waals surface area (Å²) < 4.78 is 13.1. The molecule has 0 saturated heterocycles. The highest BCUT2D eigenvalue weighted by Crippen LogP contribution is 2.29. The van der Waals surface area contributed by atoms with E-state index in [-0.39, 0.29) is 24.7 Å². The van der Waals surface area contributed by atoms with Crippen LogP contribution in [0.2, 0.25) is 0 Å². The van der Waals surface area contributed by atoms with E-state index in [1.165, 1.54) is 0 Å². The Labute approximate surface area is 188 Å². The third-order valence-corrected chi connectivity index (χ3v) is 5.84. The normalized spacial score (nSPS) is 18.2. The summed E-state index contributed by atoms with van der Waals surface area (Å²) in [6.45, 7) is 2.83. The van der Waals surface area contributed by atoms with Crippen LogP contribution < -0.4 is 4.74 Å². The standard InChI is InChI=1S/C23H32N4O5/c1-4-5-11-26(2)23(30)31-15-21-19(14-25-27(21)3)20-10-9-18(13-24-20)32-17-8-6-7-16(12-17)22(28)29/h9-10,13-14,16-17H,4-8,11-12,15H2,1-3H3,(H,28,29)/t16-,17-/m0/s1. The molecular weight excluding hydrogens is 412 g/mol. The maximum atomic E-state index is 12.2. The Morgan fingerprint density at radius 2 is 2.09 bits per heavy atom. The number of aromatic nitrogens is 3. The maximum absolute atomic E-state index is 12.2. The first kappa shape index (κ1) is 23.6. The van der Waals surface area contributed by atoms with Gasteiger partial charge in [0.25, 0.3) is 0 Å². The summed E-state index contributed by atoms with van der Waals surface area (Å²) in [5, 5.41) is 13.5. The van der Waals surface area contributed by atoms with Crippen molar-refractivity contribution in [2.75, 3.05) is 13.6 Å². The van der Waals surface area contributed by atoms with E-state index in [2.05, 4.69) is 17.0 Å². The Kier molecular flexibility index (Phi) is 8.08. The van der Waals surface area contributed by atoms with Crippen molar-refractivity contribution >= 4 is 12.1 Å². The van der Waals surface area contributed by atoms with Crippen molar-refractivity contribution in [1.82, 2.24) is 19.7 Å². The molecular formula is C23H32N4O5. The first-order chi connectivity index (χ1) is 15.4. The van der Waals surface area contributed by atoms with Crippen LogP contribution in [-0.4, -0.2) is 56.5 Å². The van der Waals surface area contributed by atoms with Gasteiger partial charge >= 0.3 is 12.1 Å². The molecule has 1 fully saturated rings. The van der Waals surface area contributed by atoms with Gasteiger partial charge in [0.15, 0.2) is 0 Å². The molecule has 0 unspecified atom stereocenters. The largest absolute Gasteiger partial charge is 0.489 e. The minimum atomic E-state index is -0.756. The number of amides is 1. The Bertz CT molecular complexity index is 912. The highest BCUT2D eigenvalue weighted by molar-refractivity contribution is 5.70. The number of carboxylic acids is 1. The molecule has 0 spiro atoms. The average molecular weight is 445 g/mol. The maximum Gasteiger partial charge on any atom is 0.409 e. The number of unbranched alkanes of at least 4 members (excludes halogenated alkanes) is 1. The van der Waals surface area contributed by atoms with Crippen LogP contribution in [0.1, 0.15) is 51.1 Å². The number of rotatable bonds is 9. The van der Waals surface area contributed by atoms with E-state index >= 15 is 0 Å². The second-order valence-electron chi connectivity index (χ2n) is 8.28. The molecule has 2 atom stereocenters. The second-order valence-corrected chi connectivity index (χ2v) is 8.28. The van der Waals surface area contributed by atoms with Crippen molar-refractivity contribution in [3.63, 3.8) is 0 Å². The lowest BCUT2D eigenvalue weighted by Gasteiger charge is -2.27. The van der Waals surface area contributed by atoms with Gasteiger partial charge in [0.1, 0.15) is 12.4 Å². The Balaban J connectivity index is 1.62. The molecule has 174 valence electrons. The SMILES string of the molecule is CCCCN(C)C(=O)OCc1c(-c2ccc(O[C@H]3CCC[C@H](C(=O)O)C3)cn2)cnn1C. The van der Waals surface area contributed by atoms with Crippen LogP contribution in [-0.2, 0) is 23.2 Å². The number of pyridine rings is 1. The molecule has 1 aliphatic carbocycles. The fourth-order valence-electron chi connectivity index (χ4n) is 3.85. The number of carboxylic acid groups (broad SMARTS) is 1. The lowest BCUT2D eigenvalue weighted by atomic mass is 9.87. The summed E-state index contributed by atoms with van der Waals surface area (Å²) in [5.74, 6) is -0.491. The minimum Gasteiger partial charge on any atom is -0.489 e. The van der Waals surface area contributed by atoms with Crippen molar-refractivity contribution in [3.8, 4) is 17.0 Å². The second kappa shape index (κ2) is 11.0. The number of carbonyl (C=O) groups is 2. The van der Waals surface area contributed by atoms with Gasteiger partial charge < -0.3 is 19.5 Å². The van der Waals surface area contributed by atoms with E-state index in [0.717, 1.165) is 36.9 Å². The van der Waals surface area contributed by atoms with Crippen molar-refractivity contribution in [2.24, 2.45) is 13.0 Å². The van der Waals surface area contributed by atoms with Gasteiger partial charge in [-0.25, -0.2) is 4.79 Å². The molecule has 3 rings (SSSR count). The molecule has 0 bridgehead atoms. The van der Waals surface area contributed by atoms with Crippen LogP contribution >= 0.6 is 0 Å². The molecule has 2 heterocycles. The molecule has 0 aromatic carbocycles. The minimum absolute atomic E-state index is 0.0969. The monoisotopic (exact) mass is 444 g/mol. The van der Waals surface area contributed by atoms with E-state index in [1.54, 1.807) is 36.1 Å². The summed E-state index contributed by atoms with van der Waals surface area (Å²) >= 11 is 0. The summed E-state index contributed by atoms with van der Waals surface area (Å²) in [6.07, 6.45) is 7.71. The number of carbonyl (C=O) groups excluding carboxylic acids is 1. The van der Waals surface area contributed by atoms with Crippen LogP contribution in [0, 0.1) is 5.92 Å². The predicted molar refractivity (Wildman–Crippen MR) is 118 cm³/mol. The van der Waals surface area contributed by atoms with Gasteiger partial charge in [-0.1, -0.05) is 13.3 Å². The number of hydrogen-bond donors (Lipinski definition) is 1. The lowest BCUT2D eigenvalue weighted by molar-refractivity contribution is -0.143. The van der Waals surface area contributed by atoms with E-state index < -0.39 is 5.97 Å². The third-order valence-electron chi connectivity index (χ3n) is 5.84.